The van der Waals surface area contributed by atoms with Crippen molar-refractivity contribution in [2.45, 2.75) is 10.8 Å². The van der Waals surface area contributed by atoms with E-state index in [1.54, 1.807) is 6.07 Å². The van der Waals surface area contributed by atoms with Gasteiger partial charge in [-0.15, -0.1) is 11.8 Å². The first kappa shape index (κ1) is 15.3. The summed E-state index contributed by atoms with van der Waals surface area (Å²) in [7, 11) is 0. The molecule has 1 aromatic carbocycles. The van der Waals surface area contributed by atoms with Gasteiger partial charge in [0.25, 0.3) is 5.69 Å². The lowest BCUT2D eigenvalue weighted by Gasteiger charge is -2.06. The summed E-state index contributed by atoms with van der Waals surface area (Å²) in [6, 6.07) is 7.36. The van der Waals surface area contributed by atoms with E-state index >= 15 is 0 Å². The fraction of sp³-hybridized carbons (Fsp3) is 0.0769. The Morgan fingerprint density at radius 3 is 2.81 bits per heavy atom. The molecule has 0 saturated carbocycles. The van der Waals surface area contributed by atoms with Gasteiger partial charge in [-0.3, -0.25) is 10.1 Å². The predicted molar refractivity (Wildman–Crippen MR) is 78.9 cm³/mol. The van der Waals surface area contributed by atoms with Gasteiger partial charge >= 0.3 is 5.97 Å². The Kier molecular flexibility index (Phi) is 4.77. The minimum absolute atomic E-state index is 0.0530. The molecule has 0 aliphatic heterocycles. The Hall–Kier alpha value is -2.12. The van der Waals surface area contributed by atoms with Crippen LogP contribution in [-0.4, -0.2) is 21.0 Å². The maximum atomic E-state index is 11.1. The zero-order valence-electron chi connectivity index (χ0n) is 10.5. The average molecular weight is 325 g/mol. The Balaban J connectivity index is 2.29. The predicted octanol–water partition coefficient (Wildman–Crippen LogP) is 3.63. The number of nitro groups is 1. The summed E-state index contributed by atoms with van der Waals surface area (Å²) in [5.41, 5.74) is 0.302. The van der Waals surface area contributed by atoms with E-state index < -0.39 is 10.9 Å². The molecule has 0 radical (unpaired) electrons. The molecule has 0 fully saturated rings. The molecule has 1 N–H and O–H groups in total. The van der Waals surface area contributed by atoms with Crippen LogP contribution in [0.3, 0.4) is 0 Å². The summed E-state index contributed by atoms with van der Waals surface area (Å²) in [5.74, 6) is -0.938. The number of thioether (sulfide) groups is 1. The lowest BCUT2D eigenvalue weighted by atomic mass is 10.2. The lowest BCUT2D eigenvalue weighted by Crippen LogP contribution is -2.01. The maximum Gasteiger partial charge on any atom is 0.338 e. The smallest absolute Gasteiger partial charge is 0.338 e. The van der Waals surface area contributed by atoms with Crippen molar-refractivity contribution >= 4 is 35.0 Å². The second kappa shape index (κ2) is 6.55. The first-order valence-corrected chi connectivity index (χ1v) is 7.10. The fourth-order valence-electron chi connectivity index (χ4n) is 1.67. The number of carbonyl (C=O) groups is 1. The molecule has 0 amide bonds. The number of rotatable bonds is 5. The van der Waals surface area contributed by atoms with Crippen molar-refractivity contribution in [3.05, 3.63) is 62.8 Å². The van der Waals surface area contributed by atoms with E-state index in [-0.39, 0.29) is 22.0 Å². The van der Waals surface area contributed by atoms with Gasteiger partial charge in [0, 0.05) is 18.0 Å². The number of hydrogen-bond acceptors (Lipinski definition) is 5. The number of nitrogens with zero attached hydrogens (tertiary/aromatic N) is 2. The van der Waals surface area contributed by atoms with Crippen LogP contribution >= 0.6 is 23.4 Å². The summed E-state index contributed by atoms with van der Waals surface area (Å²) in [6.07, 6.45) is 1.47. The number of nitro benzene ring substituents is 1. The van der Waals surface area contributed by atoms with Gasteiger partial charge in [-0.2, -0.15) is 0 Å². The van der Waals surface area contributed by atoms with E-state index in [0.29, 0.717) is 10.6 Å². The van der Waals surface area contributed by atoms with Crippen LogP contribution < -0.4 is 0 Å². The standard InChI is InChI=1S/C13H9ClN2O4S/c14-10-4-1-5-11(16(19)20)9(10)7-21-12-8(13(17)18)3-2-6-15-12/h1-6H,7H2,(H,17,18). The summed E-state index contributed by atoms with van der Waals surface area (Å²) >= 11 is 7.08. The van der Waals surface area contributed by atoms with E-state index in [4.69, 9.17) is 16.7 Å². The van der Waals surface area contributed by atoms with Crippen LogP contribution in [0.25, 0.3) is 0 Å². The second-order valence-electron chi connectivity index (χ2n) is 3.94. The maximum absolute atomic E-state index is 11.1. The summed E-state index contributed by atoms with van der Waals surface area (Å²) in [5, 5.41) is 20.6. The molecule has 0 aliphatic carbocycles. The molecule has 1 heterocycles. The molecule has 0 unspecified atom stereocenters. The Morgan fingerprint density at radius 1 is 1.38 bits per heavy atom. The van der Waals surface area contributed by atoms with Crippen molar-refractivity contribution in [3.8, 4) is 0 Å². The Labute approximate surface area is 128 Å². The van der Waals surface area contributed by atoms with E-state index in [1.165, 1.54) is 30.5 Å². The molecular weight excluding hydrogens is 316 g/mol. The molecule has 1 aromatic heterocycles. The van der Waals surface area contributed by atoms with Gasteiger partial charge in [0.05, 0.1) is 21.1 Å². The van der Waals surface area contributed by atoms with E-state index in [2.05, 4.69) is 4.98 Å². The van der Waals surface area contributed by atoms with E-state index in [1.807, 2.05) is 0 Å². The number of aromatic carboxylic acids is 1. The number of carboxylic acids is 1. The van der Waals surface area contributed by atoms with Crippen molar-refractivity contribution < 1.29 is 14.8 Å². The van der Waals surface area contributed by atoms with E-state index in [0.717, 1.165) is 11.8 Å². The molecule has 0 spiro atoms. The van der Waals surface area contributed by atoms with Gasteiger partial charge in [-0.05, 0) is 18.2 Å². The van der Waals surface area contributed by atoms with Gasteiger partial charge in [0.1, 0.15) is 5.03 Å². The molecule has 0 atom stereocenters. The van der Waals surface area contributed by atoms with Crippen LogP contribution in [0.2, 0.25) is 5.02 Å². The minimum Gasteiger partial charge on any atom is -0.478 e. The average Bonchev–Trinajstić information content (AvgIpc) is 2.45. The zero-order valence-corrected chi connectivity index (χ0v) is 12.1. The van der Waals surface area contributed by atoms with Gasteiger partial charge in [0.2, 0.25) is 0 Å². The quantitative estimate of drug-likeness (QED) is 0.512. The summed E-state index contributed by atoms with van der Waals surface area (Å²) < 4.78 is 0. The summed E-state index contributed by atoms with van der Waals surface area (Å²) in [6.45, 7) is 0. The monoisotopic (exact) mass is 324 g/mol. The molecule has 0 bridgehead atoms. The second-order valence-corrected chi connectivity index (χ2v) is 5.32. The zero-order chi connectivity index (χ0) is 15.4. The first-order valence-electron chi connectivity index (χ1n) is 5.73. The highest BCUT2D eigenvalue weighted by atomic mass is 35.5. The minimum atomic E-state index is -1.10. The third kappa shape index (κ3) is 3.50. The Morgan fingerprint density at radius 2 is 2.14 bits per heavy atom. The molecule has 8 heteroatoms. The van der Waals surface area contributed by atoms with Crippen LogP contribution in [0.1, 0.15) is 15.9 Å². The van der Waals surface area contributed by atoms with Crippen molar-refractivity contribution in [1.29, 1.82) is 0 Å². The van der Waals surface area contributed by atoms with Crippen molar-refractivity contribution in [2.24, 2.45) is 0 Å². The third-order valence-corrected chi connectivity index (χ3v) is 4.03. The lowest BCUT2D eigenvalue weighted by molar-refractivity contribution is -0.385. The largest absolute Gasteiger partial charge is 0.478 e. The molecule has 2 rings (SSSR count). The number of hydrogen-bond donors (Lipinski definition) is 1. The van der Waals surface area contributed by atoms with Crippen molar-refractivity contribution in [2.75, 3.05) is 0 Å². The number of aromatic nitrogens is 1. The van der Waals surface area contributed by atoms with Gasteiger partial charge in [0.15, 0.2) is 0 Å². The topological polar surface area (TPSA) is 93.3 Å². The van der Waals surface area contributed by atoms with Crippen LogP contribution in [0.5, 0.6) is 0 Å². The normalized spacial score (nSPS) is 10.3. The number of halogens is 1. The molecule has 108 valence electrons. The molecule has 21 heavy (non-hydrogen) atoms. The van der Waals surface area contributed by atoms with Gasteiger partial charge in [-0.25, -0.2) is 9.78 Å². The molecule has 6 nitrogen and oxygen atoms in total. The SMILES string of the molecule is O=C(O)c1cccnc1SCc1c(Cl)cccc1[N+](=O)[O-]. The first-order chi connectivity index (χ1) is 10.0. The number of carboxylic acid groups (broad SMARTS) is 1. The Bertz CT molecular complexity index is 708. The summed E-state index contributed by atoms with van der Waals surface area (Å²) in [4.78, 5) is 25.5. The van der Waals surface area contributed by atoms with Gasteiger partial charge in [-0.1, -0.05) is 17.7 Å². The highest BCUT2D eigenvalue weighted by Gasteiger charge is 2.18. The number of benzene rings is 1. The highest BCUT2D eigenvalue weighted by Crippen LogP contribution is 2.33. The van der Waals surface area contributed by atoms with Crippen molar-refractivity contribution in [3.63, 3.8) is 0 Å². The molecular formula is C13H9ClN2O4S. The van der Waals surface area contributed by atoms with Crippen LogP contribution in [-0.2, 0) is 5.75 Å². The van der Waals surface area contributed by atoms with Crippen LogP contribution in [0, 0.1) is 10.1 Å². The molecule has 0 saturated heterocycles. The highest BCUT2D eigenvalue weighted by molar-refractivity contribution is 7.98. The number of pyridine rings is 1. The van der Waals surface area contributed by atoms with Crippen LogP contribution in [0.15, 0.2) is 41.6 Å². The molecule has 2 aromatic rings. The van der Waals surface area contributed by atoms with Gasteiger partial charge < -0.3 is 5.11 Å². The molecule has 0 aliphatic rings. The third-order valence-electron chi connectivity index (χ3n) is 2.65. The van der Waals surface area contributed by atoms with Crippen molar-refractivity contribution in [1.82, 2.24) is 4.98 Å². The van der Waals surface area contributed by atoms with Crippen LogP contribution in [0.4, 0.5) is 5.69 Å². The fourth-order valence-corrected chi connectivity index (χ4v) is 3.02. The van der Waals surface area contributed by atoms with E-state index in [9.17, 15) is 14.9 Å².